The average molecular weight is 379 g/mol. The summed E-state index contributed by atoms with van der Waals surface area (Å²) in [5.41, 5.74) is 1.77. The average Bonchev–Trinajstić information content (AvgIpc) is 2.83. The molecule has 8 heteroatoms. The lowest BCUT2D eigenvalue weighted by Crippen LogP contribution is -2.24. The molecule has 0 bridgehead atoms. The van der Waals surface area contributed by atoms with E-state index in [9.17, 15) is 18.0 Å². The Bertz CT molecular complexity index is 941. The molecule has 0 aliphatic heterocycles. The fourth-order valence-electron chi connectivity index (χ4n) is 2.43. The van der Waals surface area contributed by atoms with Gasteiger partial charge in [-0.15, -0.1) is 0 Å². The first-order valence-electron chi connectivity index (χ1n) is 7.83. The maximum atomic E-state index is 12.2. The molecule has 0 N–H and O–H groups in total. The number of carbonyl (C=O) groups excluding carboxylic acids is 2. The number of carbonyl (C=O) groups is 2. The highest BCUT2D eigenvalue weighted by Crippen LogP contribution is 2.22. The van der Waals surface area contributed by atoms with Crippen molar-refractivity contribution >= 4 is 27.5 Å². The highest BCUT2D eigenvalue weighted by Gasteiger charge is 2.21. The number of esters is 1. The van der Waals surface area contributed by atoms with Gasteiger partial charge >= 0.3 is 5.97 Å². The minimum Gasteiger partial charge on any atom is -0.465 e. The minimum absolute atomic E-state index is 0.320. The third-order valence-electron chi connectivity index (χ3n) is 4.15. The molecule has 0 atom stereocenters. The van der Waals surface area contributed by atoms with Crippen LogP contribution >= 0.6 is 0 Å². The van der Waals surface area contributed by atoms with Crippen LogP contribution in [0.25, 0.3) is 0 Å². The van der Waals surface area contributed by atoms with Gasteiger partial charge in [0.25, 0.3) is 0 Å². The zero-order valence-corrected chi connectivity index (χ0v) is 16.1. The van der Waals surface area contributed by atoms with Crippen molar-refractivity contribution < 1.29 is 27.2 Å². The van der Waals surface area contributed by atoms with Crippen LogP contribution in [0.2, 0.25) is 0 Å². The van der Waals surface area contributed by atoms with Crippen molar-refractivity contribution in [1.29, 1.82) is 0 Å². The summed E-state index contributed by atoms with van der Waals surface area (Å²) in [7, 11) is -1.95. The second-order valence-electron chi connectivity index (χ2n) is 5.99. The van der Waals surface area contributed by atoms with Gasteiger partial charge in [0.1, 0.15) is 17.1 Å². The third kappa shape index (κ3) is 4.13. The molecular weight excluding hydrogens is 358 g/mol. The summed E-state index contributed by atoms with van der Waals surface area (Å²) in [6.45, 7) is 4.75. The number of rotatable bonds is 6. The number of ether oxygens (including phenoxy) is 1. The number of ketones is 1. The van der Waals surface area contributed by atoms with Crippen molar-refractivity contribution in [3.05, 3.63) is 52.5 Å². The molecule has 1 aromatic heterocycles. The van der Waals surface area contributed by atoms with Crippen molar-refractivity contribution in [2.24, 2.45) is 0 Å². The Balaban J connectivity index is 2.05. The van der Waals surface area contributed by atoms with Gasteiger partial charge in [0.15, 0.2) is 12.4 Å². The first-order chi connectivity index (χ1) is 12.0. The van der Waals surface area contributed by atoms with Gasteiger partial charge in [0, 0.05) is 18.2 Å². The molecule has 1 heterocycles. The summed E-state index contributed by atoms with van der Waals surface area (Å²) in [6, 6.07) is 6.02. The number of nitrogens with zero attached hydrogens (tertiary/aromatic N) is 1. The standard InChI is InChI=1S/C18H21NO6S/c1-11-12(2)25-13(3)17(11)18(21)24-10-16(20)14-6-8-15(9-7-14)19(4)26(5,22)23/h6-9H,10H2,1-5H3. The van der Waals surface area contributed by atoms with E-state index in [2.05, 4.69) is 0 Å². The molecule has 140 valence electrons. The second kappa shape index (κ2) is 7.33. The summed E-state index contributed by atoms with van der Waals surface area (Å²) in [6.07, 6.45) is 1.09. The van der Waals surface area contributed by atoms with Gasteiger partial charge in [-0.05, 0) is 45.0 Å². The molecule has 0 radical (unpaired) electrons. The first-order valence-corrected chi connectivity index (χ1v) is 9.68. The van der Waals surface area contributed by atoms with E-state index in [-0.39, 0.29) is 5.78 Å². The van der Waals surface area contributed by atoms with Gasteiger partial charge in [0.05, 0.1) is 11.9 Å². The number of sulfonamides is 1. The maximum Gasteiger partial charge on any atom is 0.342 e. The number of furan rings is 1. The van der Waals surface area contributed by atoms with Gasteiger partial charge in [-0.25, -0.2) is 13.2 Å². The lowest BCUT2D eigenvalue weighted by atomic mass is 10.1. The van der Waals surface area contributed by atoms with Crippen molar-refractivity contribution in [1.82, 2.24) is 0 Å². The van der Waals surface area contributed by atoms with Crippen LogP contribution in [-0.2, 0) is 14.8 Å². The number of Topliss-reactive ketones (excluding diaryl/α,β-unsaturated/α-hetero) is 1. The molecule has 0 spiro atoms. The molecule has 0 saturated carbocycles. The van der Waals surface area contributed by atoms with Crippen LogP contribution in [0.5, 0.6) is 0 Å². The predicted octanol–water partition coefficient (Wildman–Crippen LogP) is 2.64. The molecule has 0 fully saturated rings. The Hall–Kier alpha value is -2.61. The smallest absolute Gasteiger partial charge is 0.342 e. The van der Waals surface area contributed by atoms with E-state index in [4.69, 9.17) is 9.15 Å². The van der Waals surface area contributed by atoms with Crippen LogP contribution in [0.3, 0.4) is 0 Å². The topological polar surface area (TPSA) is 93.9 Å². The molecule has 0 aliphatic rings. The Kier molecular flexibility index (Phi) is 5.56. The van der Waals surface area contributed by atoms with Gasteiger partial charge in [-0.3, -0.25) is 9.10 Å². The Morgan fingerprint density at radius 3 is 2.12 bits per heavy atom. The highest BCUT2D eigenvalue weighted by molar-refractivity contribution is 7.92. The van der Waals surface area contributed by atoms with Crippen molar-refractivity contribution in [3.63, 3.8) is 0 Å². The van der Waals surface area contributed by atoms with Crippen LogP contribution in [0, 0.1) is 20.8 Å². The Labute approximate surface area is 152 Å². The summed E-state index contributed by atoms with van der Waals surface area (Å²) < 4.78 is 34.6. The zero-order valence-electron chi connectivity index (χ0n) is 15.3. The number of aryl methyl sites for hydroxylation is 2. The van der Waals surface area contributed by atoms with E-state index < -0.39 is 22.6 Å². The molecule has 7 nitrogen and oxygen atoms in total. The minimum atomic E-state index is -3.38. The van der Waals surface area contributed by atoms with Crippen molar-refractivity contribution in [2.75, 3.05) is 24.2 Å². The van der Waals surface area contributed by atoms with Crippen LogP contribution in [-0.4, -0.2) is 40.1 Å². The van der Waals surface area contributed by atoms with E-state index in [0.29, 0.717) is 33.9 Å². The predicted molar refractivity (Wildman–Crippen MR) is 97.2 cm³/mol. The van der Waals surface area contributed by atoms with Crippen molar-refractivity contribution in [3.8, 4) is 0 Å². The Morgan fingerprint density at radius 2 is 1.65 bits per heavy atom. The molecule has 1 aromatic carbocycles. The summed E-state index contributed by atoms with van der Waals surface area (Å²) in [4.78, 5) is 24.4. The molecule has 2 aromatic rings. The van der Waals surface area contributed by atoms with Gasteiger partial charge < -0.3 is 9.15 Å². The van der Waals surface area contributed by atoms with Crippen LogP contribution < -0.4 is 4.31 Å². The quantitative estimate of drug-likeness (QED) is 0.566. The van der Waals surface area contributed by atoms with E-state index in [1.807, 2.05) is 0 Å². The normalized spacial score (nSPS) is 11.3. The molecule has 0 aliphatic carbocycles. The van der Waals surface area contributed by atoms with Gasteiger partial charge in [-0.2, -0.15) is 0 Å². The molecule has 0 saturated heterocycles. The lowest BCUT2D eigenvalue weighted by molar-refractivity contribution is 0.0472. The van der Waals surface area contributed by atoms with E-state index in [1.54, 1.807) is 20.8 Å². The number of anilines is 1. The second-order valence-corrected chi connectivity index (χ2v) is 8.00. The third-order valence-corrected chi connectivity index (χ3v) is 5.36. The fourth-order valence-corrected chi connectivity index (χ4v) is 2.93. The Morgan fingerprint density at radius 1 is 1.08 bits per heavy atom. The molecule has 26 heavy (non-hydrogen) atoms. The lowest BCUT2D eigenvalue weighted by Gasteiger charge is -2.16. The number of hydrogen-bond donors (Lipinski definition) is 0. The van der Waals surface area contributed by atoms with Crippen LogP contribution in [0.1, 0.15) is 37.8 Å². The van der Waals surface area contributed by atoms with Gasteiger partial charge in [0.2, 0.25) is 10.0 Å². The summed E-state index contributed by atoms with van der Waals surface area (Å²) >= 11 is 0. The summed E-state index contributed by atoms with van der Waals surface area (Å²) in [5, 5.41) is 0. The molecule has 0 unspecified atom stereocenters. The maximum absolute atomic E-state index is 12.2. The monoisotopic (exact) mass is 379 g/mol. The largest absolute Gasteiger partial charge is 0.465 e. The highest BCUT2D eigenvalue weighted by atomic mass is 32.2. The van der Waals surface area contributed by atoms with Gasteiger partial charge in [-0.1, -0.05) is 0 Å². The van der Waals surface area contributed by atoms with Crippen molar-refractivity contribution in [2.45, 2.75) is 20.8 Å². The van der Waals surface area contributed by atoms with E-state index in [1.165, 1.54) is 31.3 Å². The van der Waals surface area contributed by atoms with E-state index in [0.717, 1.165) is 10.6 Å². The van der Waals surface area contributed by atoms with E-state index >= 15 is 0 Å². The number of benzene rings is 1. The number of hydrogen-bond acceptors (Lipinski definition) is 6. The zero-order chi connectivity index (χ0) is 19.6. The SMILES string of the molecule is Cc1oc(C)c(C(=O)OCC(=O)c2ccc(N(C)S(C)(=O)=O)cc2)c1C. The van der Waals surface area contributed by atoms with Crippen LogP contribution in [0.4, 0.5) is 5.69 Å². The molecular formula is C18H21NO6S. The summed E-state index contributed by atoms with van der Waals surface area (Å²) in [5.74, 6) is 0.0815. The molecule has 2 rings (SSSR count). The first kappa shape index (κ1) is 19.7. The molecule has 0 amide bonds. The fraction of sp³-hybridized carbons (Fsp3) is 0.333. The van der Waals surface area contributed by atoms with Crippen LogP contribution in [0.15, 0.2) is 28.7 Å².